The van der Waals surface area contributed by atoms with Crippen molar-refractivity contribution in [2.24, 2.45) is 5.73 Å². The molecule has 2 rings (SSSR count). The Kier molecular flexibility index (Phi) is 2.74. The van der Waals surface area contributed by atoms with Crippen molar-refractivity contribution in [1.29, 1.82) is 0 Å². The Morgan fingerprint density at radius 3 is 2.67 bits per heavy atom. The molecule has 0 saturated heterocycles. The van der Waals surface area contributed by atoms with Crippen molar-refractivity contribution in [3.8, 4) is 11.3 Å². The second-order valence-electron chi connectivity index (χ2n) is 3.23. The van der Waals surface area contributed by atoms with E-state index < -0.39 is 0 Å². The molecule has 0 aliphatic rings. The van der Waals surface area contributed by atoms with E-state index in [9.17, 15) is 4.39 Å². The monoisotopic (exact) mass is 202 g/mol. The van der Waals surface area contributed by atoms with Crippen molar-refractivity contribution in [3.05, 3.63) is 54.0 Å². The van der Waals surface area contributed by atoms with Crippen LogP contribution in [-0.2, 0) is 6.54 Å². The third-order valence-electron chi connectivity index (χ3n) is 2.23. The second-order valence-corrected chi connectivity index (χ2v) is 3.23. The van der Waals surface area contributed by atoms with Crippen LogP contribution in [-0.4, -0.2) is 4.98 Å². The molecular weight excluding hydrogens is 191 g/mol. The normalized spacial score (nSPS) is 10.3. The molecule has 0 aliphatic heterocycles. The van der Waals surface area contributed by atoms with Crippen LogP contribution in [0.25, 0.3) is 11.3 Å². The van der Waals surface area contributed by atoms with Crippen molar-refractivity contribution in [3.63, 3.8) is 0 Å². The van der Waals surface area contributed by atoms with Gasteiger partial charge in [0, 0.05) is 23.9 Å². The molecule has 2 N–H and O–H groups in total. The third kappa shape index (κ3) is 2.02. The molecule has 0 aliphatic carbocycles. The predicted octanol–water partition coefficient (Wildman–Crippen LogP) is 2.35. The highest BCUT2D eigenvalue weighted by atomic mass is 19.1. The highest BCUT2D eigenvalue weighted by Crippen LogP contribution is 2.19. The lowest BCUT2D eigenvalue weighted by Gasteiger charge is -2.03. The van der Waals surface area contributed by atoms with E-state index in [1.165, 1.54) is 6.07 Å². The lowest BCUT2D eigenvalue weighted by molar-refractivity contribution is 0.611. The van der Waals surface area contributed by atoms with Gasteiger partial charge in [-0.15, -0.1) is 0 Å². The Hall–Kier alpha value is -1.74. The maximum atomic E-state index is 13.4. The molecule has 15 heavy (non-hydrogen) atoms. The van der Waals surface area contributed by atoms with Gasteiger partial charge in [0.05, 0.1) is 5.69 Å². The quantitative estimate of drug-likeness (QED) is 0.811. The number of pyridine rings is 1. The number of nitrogens with zero attached hydrogens (tertiary/aromatic N) is 1. The zero-order valence-corrected chi connectivity index (χ0v) is 8.15. The molecule has 0 amide bonds. The summed E-state index contributed by atoms with van der Waals surface area (Å²) in [5.74, 6) is -0.277. The van der Waals surface area contributed by atoms with Crippen LogP contribution in [0.4, 0.5) is 4.39 Å². The van der Waals surface area contributed by atoms with E-state index in [0.717, 1.165) is 11.3 Å². The van der Waals surface area contributed by atoms with E-state index in [0.29, 0.717) is 5.56 Å². The first-order valence-electron chi connectivity index (χ1n) is 4.71. The summed E-state index contributed by atoms with van der Waals surface area (Å²) in [5.41, 5.74) is 7.44. The Morgan fingerprint density at radius 1 is 1.20 bits per heavy atom. The van der Waals surface area contributed by atoms with Gasteiger partial charge in [0.25, 0.3) is 0 Å². The average molecular weight is 202 g/mol. The van der Waals surface area contributed by atoms with Crippen LogP contribution < -0.4 is 5.73 Å². The minimum Gasteiger partial charge on any atom is -0.326 e. The fourth-order valence-corrected chi connectivity index (χ4v) is 1.41. The number of aromatic nitrogens is 1. The topological polar surface area (TPSA) is 38.9 Å². The Balaban J connectivity index is 2.43. The molecule has 3 heteroatoms. The van der Waals surface area contributed by atoms with E-state index in [2.05, 4.69) is 4.98 Å². The van der Waals surface area contributed by atoms with E-state index >= 15 is 0 Å². The molecule has 1 heterocycles. The summed E-state index contributed by atoms with van der Waals surface area (Å²) < 4.78 is 13.4. The average Bonchev–Trinajstić information content (AvgIpc) is 2.30. The first-order chi connectivity index (χ1) is 7.31. The molecular formula is C12H11FN2. The van der Waals surface area contributed by atoms with Gasteiger partial charge < -0.3 is 5.73 Å². The van der Waals surface area contributed by atoms with Gasteiger partial charge in [-0.3, -0.25) is 4.98 Å². The summed E-state index contributed by atoms with van der Waals surface area (Å²) in [5, 5.41) is 0. The number of hydrogen-bond donors (Lipinski definition) is 1. The largest absolute Gasteiger partial charge is 0.326 e. The smallest absolute Gasteiger partial charge is 0.128 e. The first-order valence-corrected chi connectivity index (χ1v) is 4.71. The van der Waals surface area contributed by atoms with E-state index in [4.69, 9.17) is 5.73 Å². The zero-order chi connectivity index (χ0) is 10.7. The molecule has 0 atom stereocenters. The lowest BCUT2D eigenvalue weighted by Crippen LogP contribution is -1.99. The number of nitrogens with two attached hydrogens (primary N) is 1. The third-order valence-corrected chi connectivity index (χ3v) is 2.23. The molecule has 0 fully saturated rings. The van der Waals surface area contributed by atoms with Crippen molar-refractivity contribution in [1.82, 2.24) is 4.98 Å². The van der Waals surface area contributed by atoms with Crippen LogP contribution in [0.5, 0.6) is 0 Å². The highest BCUT2D eigenvalue weighted by Gasteiger charge is 2.03. The van der Waals surface area contributed by atoms with Gasteiger partial charge in [0.15, 0.2) is 0 Å². The molecule has 1 aromatic heterocycles. The van der Waals surface area contributed by atoms with E-state index in [-0.39, 0.29) is 12.4 Å². The van der Waals surface area contributed by atoms with Crippen LogP contribution in [0, 0.1) is 5.82 Å². The Labute approximate surface area is 87.6 Å². The number of halogens is 1. The van der Waals surface area contributed by atoms with Crippen molar-refractivity contribution in [2.75, 3.05) is 0 Å². The maximum Gasteiger partial charge on any atom is 0.128 e. The van der Waals surface area contributed by atoms with Gasteiger partial charge in [0.1, 0.15) is 5.82 Å². The van der Waals surface area contributed by atoms with Crippen molar-refractivity contribution in [2.45, 2.75) is 6.54 Å². The SMILES string of the molecule is NCc1ccc(-c2ccccn2)cc1F. The van der Waals surface area contributed by atoms with Gasteiger partial charge in [-0.05, 0) is 18.2 Å². The van der Waals surface area contributed by atoms with Crippen LogP contribution in [0.3, 0.4) is 0 Å². The maximum absolute atomic E-state index is 13.4. The number of hydrogen-bond acceptors (Lipinski definition) is 2. The number of rotatable bonds is 2. The first kappa shape index (κ1) is 9.80. The molecule has 2 aromatic rings. The van der Waals surface area contributed by atoms with Crippen LogP contribution in [0.15, 0.2) is 42.6 Å². The van der Waals surface area contributed by atoms with Gasteiger partial charge in [-0.2, -0.15) is 0 Å². The summed E-state index contributed by atoms with van der Waals surface area (Å²) in [6.07, 6.45) is 1.68. The Morgan fingerprint density at radius 2 is 2.07 bits per heavy atom. The fraction of sp³-hybridized carbons (Fsp3) is 0.0833. The molecule has 1 aromatic carbocycles. The van der Waals surface area contributed by atoms with Crippen molar-refractivity contribution < 1.29 is 4.39 Å². The van der Waals surface area contributed by atoms with Gasteiger partial charge in [-0.1, -0.05) is 18.2 Å². The molecule has 76 valence electrons. The van der Waals surface area contributed by atoms with Crippen molar-refractivity contribution >= 4 is 0 Å². The summed E-state index contributed by atoms with van der Waals surface area (Å²) in [6.45, 7) is 0.217. The minimum atomic E-state index is -0.277. The standard InChI is InChI=1S/C12H11FN2/c13-11-7-9(4-5-10(11)8-14)12-3-1-2-6-15-12/h1-7H,8,14H2. The zero-order valence-electron chi connectivity index (χ0n) is 8.15. The second kappa shape index (κ2) is 4.19. The molecule has 0 spiro atoms. The summed E-state index contributed by atoms with van der Waals surface area (Å²) in [7, 11) is 0. The number of benzene rings is 1. The van der Waals surface area contributed by atoms with E-state index in [1.807, 2.05) is 24.3 Å². The summed E-state index contributed by atoms with van der Waals surface area (Å²) in [6, 6.07) is 10.5. The van der Waals surface area contributed by atoms with Crippen LogP contribution >= 0.6 is 0 Å². The minimum absolute atomic E-state index is 0.217. The summed E-state index contributed by atoms with van der Waals surface area (Å²) >= 11 is 0. The molecule has 2 nitrogen and oxygen atoms in total. The van der Waals surface area contributed by atoms with E-state index in [1.54, 1.807) is 12.3 Å². The highest BCUT2D eigenvalue weighted by molar-refractivity contribution is 5.59. The summed E-state index contributed by atoms with van der Waals surface area (Å²) in [4.78, 5) is 4.15. The molecule has 0 unspecified atom stereocenters. The lowest BCUT2D eigenvalue weighted by atomic mass is 10.1. The van der Waals surface area contributed by atoms with Gasteiger partial charge >= 0.3 is 0 Å². The predicted molar refractivity (Wildman–Crippen MR) is 57.5 cm³/mol. The van der Waals surface area contributed by atoms with Crippen LogP contribution in [0.2, 0.25) is 0 Å². The molecule has 0 bridgehead atoms. The van der Waals surface area contributed by atoms with Gasteiger partial charge in [0.2, 0.25) is 0 Å². The Bertz CT molecular complexity index is 454. The van der Waals surface area contributed by atoms with Crippen LogP contribution in [0.1, 0.15) is 5.56 Å². The fourth-order valence-electron chi connectivity index (χ4n) is 1.41. The molecule has 0 saturated carbocycles. The van der Waals surface area contributed by atoms with Gasteiger partial charge in [-0.25, -0.2) is 4.39 Å². The molecule has 0 radical (unpaired) electrons.